The fourth-order valence-corrected chi connectivity index (χ4v) is 3.87. The van der Waals surface area contributed by atoms with E-state index in [1.807, 2.05) is 0 Å². The van der Waals surface area contributed by atoms with Gasteiger partial charge < -0.3 is 4.90 Å². The van der Waals surface area contributed by atoms with Crippen LogP contribution in [0.1, 0.15) is 41.3 Å². The first kappa shape index (κ1) is 16.3. The summed E-state index contributed by atoms with van der Waals surface area (Å²) in [5.41, 5.74) is 1.74. The molecular formula is C15H20ClNO3S. The fourth-order valence-electron chi connectivity index (χ4n) is 2.60. The van der Waals surface area contributed by atoms with Crippen LogP contribution >= 0.6 is 10.7 Å². The Morgan fingerprint density at radius 3 is 2.33 bits per heavy atom. The van der Waals surface area contributed by atoms with Gasteiger partial charge in [-0.05, 0) is 55.9 Å². The fraction of sp³-hybridized carbons (Fsp3) is 0.533. The van der Waals surface area contributed by atoms with Crippen molar-refractivity contribution in [1.82, 2.24) is 4.90 Å². The molecule has 1 amide bonds. The number of halogens is 1. The van der Waals surface area contributed by atoms with E-state index in [9.17, 15) is 13.2 Å². The van der Waals surface area contributed by atoms with E-state index in [4.69, 9.17) is 10.7 Å². The van der Waals surface area contributed by atoms with E-state index in [1.54, 1.807) is 24.8 Å². The van der Waals surface area contributed by atoms with Crippen molar-refractivity contribution >= 4 is 25.6 Å². The molecule has 1 saturated heterocycles. The van der Waals surface area contributed by atoms with Gasteiger partial charge in [0.1, 0.15) is 0 Å². The molecule has 116 valence electrons. The molecule has 1 aliphatic rings. The predicted molar refractivity (Wildman–Crippen MR) is 83.3 cm³/mol. The van der Waals surface area contributed by atoms with E-state index in [-0.39, 0.29) is 10.8 Å². The SMILES string of the molecule is Cc1cc(C(=O)N2CCC(C)CC2)cc(S(=O)(=O)Cl)c1C. The van der Waals surface area contributed by atoms with Gasteiger partial charge in [0.25, 0.3) is 15.0 Å². The van der Waals surface area contributed by atoms with Gasteiger partial charge in [-0.25, -0.2) is 8.42 Å². The third-order valence-electron chi connectivity index (χ3n) is 4.20. The van der Waals surface area contributed by atoms with Crippen LogP contribution in [0.3, 0.4) is 0 Å². The van der Waals surface area contributed by atoms with Gasteiger partial charge in [-0.2, -0.15) is 0 Å². The third-order valence-corrected chi connectivity index (χ3v) is 5.65. The molecule has 1 aromatic carbocycles. The van der Waals surface area contributed by atoms with Crippen molar-refractivity contribution in [1.29, 1.82) is 0 Å². The van der Waals surface area contributed by atoms with Gasteiger partial charge >= 0.3 is 0 Å². The molecular weight excluding hydrogens is 310 g/mol. The Balaban J connectivity index is 2.36. The predicted octanol–water partition coefficient (Wildman–Crippen LogP) is 3.10. The van der Waals surface area contributed by atoms with Crippen molar-refractivity contribution in [3.05, 3.63) is 28.8 Å². The van der Waals surface area contributed by atoms with Crippen LogP contribution in [-0.4, -0.2) is 32.3 Å². The van der Waals surface area contributed by atoms with E-state index >= 15 is 0 Å². The van der Waals surface area contributed by atoms with Crippen LogP contribution in [0.25, 0.3) is 0 Å². The number of benzene rings is 1. The molecule has 1 aliphatic heterocycles. The second-order valence-electron chi connectivity index (χ2n) is 5.83. The van der Waals surface area contributed by atoms with E-state index in [2.05, 4.69) is 6.92 Å². The van der Waals surface area contributed by atoms with Crippen LogP contribution in [0.2, 0.25) is 0 Å². The Morgan fingerprint density at radius 1 is 1.24 bits per heavy atom. The van der Waals surface area contributed by atoms with E-state index in [0.29, 0.717) is 17.0 Å². The number of nitrogens with zero attached hydrogens (tertiary/aromatic N) is 1. The van der Waals surface area contributed by atoms with Gasteiger partial charge in [-0.1, -0.05) is 6.92 Å². The molecule has 1 aromatic rings. The zero-order valence-electron chi connectivity index (χ0n) is 12.5. The largest absolute Gasteiger partial charge is 0.339 e. The Kier molecular flexibility index (Phi) is 4.63. The summed E-state index contributed by atoms with van der Waals surface area (Å²) in [5, 5.41) is 0. The van der Waals surface area contributed by atoms with Crippen molar-refractivity contribution < 1.29 is 13.2 Å². The second-order valence-corrected chi connectivity index (χ2v) is 8.36. The maximum absolute atomic E-state index is 12.5. The molecule has 0 saturated carbocycles. The van der Waals surface area contributed by atoms with Gasteiger partial charge in [-0.3, -0.25) is 4.79 Å². The maximum Gasteiger partial charge on any atom is 0.261 e. The number of carbonyl (C=O) groups is 1. The normalized spacial score (nSPS) is 17.0. The lowest BCUT2D eigenvalue weighted by Gasteiger charge is -2.30. The van der Waals surface area contributed by atoms with E-state index in [0.717, 1.165) is 31.5 Å². The Labute approximate surface area is 130 Å². The molecule has 1 heterocycles. The van der Waals surface area contributed by atoms with Crippen LogP contribution in [0.5, 0.6) is 0 Å². The zero-order valence-corrected chi connectivity index (χ0v) is 14.1. The molecule has 4 nitrogen and oxygen atoms in total. The number of aryl methyl sites for hydroxylation is 1. The van der Waals surface area contributed by atoms with E-state index < -0.39 is 9.05 Å². The maximum atomic E-state index is 12.5. The third kappa shape index (κ3) is 3.58. The molecule has 0 radical (unpaired) electrons. The average molecular weight is 330 g/mol. The van der Waals surface area contributed by atoms with Crippen molar-refractivity contribution in [2.24, 2.45) is 5.92 Å². The quantitative estimate of drug-likeness (QED) is 0.783. The van der Waals surface area contributed by atoms with Gasteiger partial charge in [0, 0.05) is 29.3 Å². The minimum absolute atomic E-state index is 0.0258. The topological polar surface area (TPSA) is 54.5 Å². The molecule has 6 heteroatoms. The van der Waals surface area contributed by atoms with Gasteiger partial charge in [0.15, 0.2) is 0 Å². The lowest BCUT2D eigenvalue weighted by molar-refractivity contribution is 0.0697. The molecule has 0 unspecified atom stereocenters. The first-order chi connectivity index (χ1) is 9.70. The molecule has 0 aliphatic carbocycles. The summed E-state index contributed by atoms with van der Waals surface area (Å²) in [6, 6.07) is 3.13. The molecule has 0 atom stereocenters. The number of hydrogen-bond donors (Lipinski definition) is 0. The summed E-state index contributed by atoms with van der Waals surface area (Å²) in [5.74, 6) is 0.513. The molecule has 0 N–H and O–H groups in total. The zero-order chi connectivity index (χ0) is 15.8. The Morgan fingerprint density at radius 2 is 1.81 bits per heavy atom. The van der Waals surface area contributed by atoms with Crippen LogP contribution in [-0.2, 0) is 9.05 Å². The number of hydrogen-bond acceptors (Lipinski definition) is 3. The minimum atomic E-state index is -3.85. The first-order valence-electron chi connectivity index (χ1n) is 7.05. The highest BCUT2D eigenvalue weighted by Crippen LogP contribution is 2.26. The highest BCUT2D eigenvalue weighted by Gasteiger charge is 2.24. The molecule has 0 bridgehead atoms. The number of piperidine rings is 1. The monoisotopic (exact) mass is 329 g/mol. The summed E-state index contributed by atoms with van der Waals surface area (Å²) in [4.78, 5) is 14.3. The van der Waals surface area contributed by atoms with Gasteiger partial charge in [0.2, 0.25) is 0 Å². The highest BCUT2D eigenvalue weighted by atomic mass is 35.7. The molecule has 1 fully saturated rings. The summed E-state index contributed by atoms with van der Waals surface area (Å²) in [6.45, 7) is 7.10. The van der Waals surface area contributed by atoms with Crippen molar-refractivity contribution in [3.63, 3.8) is 0 Å². The molecule has 0 aromatic heterocycles. The van der Waals surface area contributed by atoms with E-state index in [1.165, 1.54) is 6.07 Å². The highest BCUT2D eigenvalue weighted by molar-refractivity contribution is 8.13. The number of likely N-dealkylation sites (tertiary alicyclic amines) is 1. The van der Waals surface area contributed by atoms with Crippen LogP contribution in [0.4, 0.5) is 0 Å². The minimum Gasteiger partial charge on any atom is -0.339 e. The number of carbonyl (C=O) groups excluding carboxylic acids is 1. The first-order valence-corrected chi connectivity index (χ1v) is 9.36. The summed E-state index contributed by atoms with van der Waals surface area (Å²) >= 11 is 0. The molecule has 21 heavy (non-hydrogen) atoms. The average Bonchev–Trinajstić information content (AvgIpc) is 2.40. The summed E-state index contributed by atoms with van der Waals surface area (Å²) in [6.07, 6.45) is 1.97. The smallest absolute Gasteiger partial charge is 0.261 e. The van der Waals surface area contributed by atoms with Crippen LogP contribution in [0.15, 0.2) is 17.0 Å². The van der Waals surface area contributed by atoms with Crippen LogP contribution < -0.4 is 0 Å². The number of amides is 1. The van der Waals surface area contributed by atoms with Crippen molar-refractivity contribution in [3.8, 4) is 0 Å². The Hall–Kier alpha value is -1.07. The van der Waals surface area contributed by atoms with Crippen LogP contribution in [0, 0.1) is 19.8 Å². The van der Waals surface area contributed by atoms with Gasteiger partial charge in [0.05, 0.1) is 4.90 Å². The number of rotatable bonds is 2. The lowest BCUT2D eigenvalue weighted by Crippen LogP contribution is -2.38. The molecule has 2 rings (SSSR count). The standard InChI is InChI=1S/C15H20ClNO3S/c1-10-4-6-17(7-5-10)15(18)13-8-11(2)12(3)14(9-13)21(16,19)20/h8-10H,4-7H2,1-3H3. The summed E-state index contributed by atoms with van der Waals surface area (Å²) < 4.78 is 23.3. The van der Waals surface area contributed by atoms with Gasteiger partial charge in [-0.15, -0.1) is 0 Å². The summed E-state index contributed by atoms with van der Waals surface area (Å²) in [7, 11) is 1.61. The van der Waals surface area contributed by atoms with Crippen molar-refractivity contribution in [2.45, 2.75) is 38.5 Å². The Bertz CT molecular complexity index is 662. The van der Waals surface area contributed by atoms with Crippen molar-refractivity contribution in [2.75, 3.05) is 13.1 Å². The molecule has 0 spiro atoms. The lowest BCUT2D eigenvalue weighted by atomic mass is 9.98. The second kappa shape index (κ2) is 5.97.